The molecule has 0 aromatic carbocycles. The maximum Gasteiger partial charge on any atom is 0.377 e. The number of halogens is 1. The molecule has 0 radical (unpaired) electrons. The Morgan fingerprint density at radius 3 is 1.90 bits per heavy atom. The van der Waals surface area contributed by atoms with E-state index in [1.165, 1.54) is 0 Å². The summed E-state index contributed by atoms with van der Waals surface area (Å²) in [6.45, 7) is 0. The number of ketones is 1. The van der Waals surface area contributed by atoms with E-state index in [2.05, 4.69) is 0 Å². The van der Waals surface area contributed by atoms with Gasteiger partial charge in [-0.1, -0.05) is 0 Å². The molecule has 3 nitrogen and oxygen atoms in total. The highest BCUT2D eigenvalue weighted by Crippen LogP contribution is 1.84. The van der Waals surface area contributed by atoms with Gasteiger partial charge in [-0.05, 0) is 10.9 Å². The average Bonchev–Trinajstić information content (AvgIpc) is 1.63. The number of hydrogen-bond donors (Lipinski definition) is 1. The van der Waals surface area contributed by atoms with Crippen molar-refractivity contribution >= 4 is 22.6 Å². The monoisotopic (exact) mass is 184 g/mol. The van der Waals surface area contributed by atoms with Gasteiger partial charge in [-0.15, -0.1) is 0 Å². The van der Waals surface area contributed by atoms with E-state index in [9.17, 15) is 9.59 Å². The SMILES string of the molecule is C[S+](C)CC(=O)C(=O)O.[Cl-]. The van der Waals surface area contributed by atoms with Gasteiger partial charge in [-0.25, -0.2) is 4.79 Å². The summed E-state index contributed by atoms with van der Waals surface area (Å²) in [7, 11) is -0.0966. The van der Waals surface area contributed by atoms with Gasteiger partial charge in [0.05, 0.1) is 12.5 Å². The van der Waals surface area contributed by atoms with E-state index in [1.54, 1.807) is 0 Å². The first-order valence-corrected chi connectivity index (χ1v) is 4.55. The first kappa shape index (κ1) is 12.5. The van der Waals surface area contributed by atoms with Crippen LogP contribution < -0.4 is 12.4 Å². The minimum atomic E-state index is -1.32. The first-order valence-electron chi connectivity index (χ1n) is 2.34. The van der Waals surface area contributed by atoms with Crippen LogP contribution in [0, 0.1) is 0 Å². The first-order chi connectivity index (χ1) is 4.04. The highest BCUT2D eigenvalue weighted by Gasteiger charge is 2.18. The molecule has 0 amide bonds. The summed E-state index contributed by atoms with van der Waals surface area (Å²) in [5, 5.41) is 8.09. The van der Waals surface area contributed by atoms with E-state index in [0.29, 0.717) is 0 Å². The Balaban J connectivity index is 0. The number of carbonyl (C=O) groups is 2. The van der Waals surface area contributed by atoms with E-state index in [0.717, 1.165) is 0 Å². The lowest BCUT2D eigenvalue weighted by atomic mass is 10.5. The predicted molar refractivity (Wildman–Crippen MR) is 36.7 cm³/mol. The zero-order valence-electron chi connectivity index (χ0n) is 5.76. The van der Waals surface area contributed by atoms with E-state index in [1.807, 2.05) is 12.5 Å². The summed E-state index contributed by atoms with van der Waals surface area (Å²) in [5.41, 5.74) is 0. The van der Waals surface area contributed by atoms with Crippen LogP contribution >= 0.6 is 0 Å². The molecule has 0 heterocycles. The lowest BCUT2D eigenvalue weighted by molar-refractivity contribution is -0.147. The van der Waals surface area contributed by atoms with Crippen molar-refractivity contribution in [1.82, 2.24) is 0 Å². The Labute approximate surface area is 68.6 Å². The van der Waals surface area contributed by atoms with E-state index >= 15 is 0 Å². The molecular formula is C5H9ClO3S. The highest BCUT2D eigenvalue weighted by atomic mass is 35.5. The van der Waals surface area contributed by atoms with Crippen LogP contribution in [0.5, 0.6) is 0 Å². The maximum atomic E-state index is 10.4. The fourth-order valence-corrected chi connectivity index (χ4v) is 0.972. The fraction of sp³-hybridized carbons (Fsp3) is 0.600. The third-order valence-electron chi connectivity index (χ3n) is 0.658. The summed E-state index contributed by atoms with van der Waals surface area (Å²) < 4.78 is 0. The van der Waals surface area contributed by atoms with Gasteiger partial charge in [0, 0.05) is 0 Å². The second-order valence-electron chi connectivity index (χ2n) is 1.86. The third kappa shape index (κ3) is 5.91. The number of hydrogen-bond acceptors (Lipinski definition) is 2. The average molecular weight is 185 g/mol. The van der Waals surface area contributed by atoms with Crippen LogP contribution in [0.25, 0.3) is 0 Å². The Morgan fingerprint density at radius 1 is 1.40 bits per heavy atom. The minimum Gasteiger partial charge on any atom is -1.00 e. The number of aliphatic carboxylic acids is 1. The fourth-order valence-electron chi connectivity index (χ4n) is 0.324. The van der Waals surface area contributed by atoms with Gasteiger partial charge in [-0.3, -0.25) is 4.79 Å². The Kier molecular flexibility index (Phi) is 6.92. The molecule has 0 rings (SSSR count). The summed E-state index contributed by atoms with van der Waals surface area (Å²) in [6, 6.07) is 0. The number of rotatable bonds is 3. The molecule has 0 saturated heterocycles. The Morgan fingerprint density at radius 2 is 1.80 bits per heavy atom. The second-order valence-corrected chi connectivity index (χ2v) is 4.12. The van der Waals surface area contributed by atoms with Crippen LogP contribution in [-0.4, -0.2) is 35.1 Å². The summed E-state index contributed by atoms with van der Waals surface area (Å²) in [4.78, 5) is 20.3. The molecular weight excluding hydrogens is 176 g/mol. The van der Waals surface area contributed by atoms with Gasteiger partial charge in [0.15, 0.2) is 5.75 Å². The quantitative estimate of drug-likeness (QED) is 0.366. The Bertz CT molecular complexity index is 135. The van der Waals surface area contributed by atoms with Crippen molar-refractivity contribution in [3.8, 4) is 0 Å². The van der Waals surface area contributed by atoms with E-state index in [4.69, 9.17) is 5.11 Å². The molecule has 0 saturated carbocycles. The molecule has 0 spiro atoms. The van der Waals surface area contributed by atoms with Crippen LogP contribution in [0.3, 0.4) is 0 Å². The highest BCUT2D eigenvalue weighted by molar-refractivity contribution is 7.96. The summed E-state index contributed by atoms with van der Waals surface area (Å²) in [5.74, 6) is -1.85. The van der Waals surface area contributed by atoms with Gasteiger partial charge >= 0.3 is 5.97 Å². The molecule has 0 aliphatic rings. The van der Waals surface area contributed by atoms with Gasteiger partial charge < -0.3 is 17.5 Å². The van der Waals surface area contributed by atoms with E-state index in [-0.39, 0.29) is 29.1 Å². The van der Waals surface area contributed by atoms with Crippen LogP contribution in [-0.2, 0) is 20.5 Å². The topological polar surface area (TPSA) is 54.4 Å². The largest absolute Gasteiger partial charge is 1.00 e. The Hall–Kier alpha value is -0.220. The van der Waals surface area contributed by atoms with Gasteiger partial charge in [0.25, 0.3) is 5.78 Å². The van der Waals surface area contributed by atoms with Crippen LogP contribution in [0.2, 0.25) is 0 Å². The second kappa shape index (κ2) is 5.56. The molecule has 0 aromatic heterocycles. The molecule has 0 aliphatic carbocycles. The molecule has 1 N–H and O–H groups in total. The molecule has 0 unspecified atom stereocenters. The smallest absolute Gasteiger partial charge is 0.377 e. The normalized spacial score (nSPS) is 8.70. The molecule has 0 aromatic rings. The van der Waals surface area contributed by atoms with Gasteiger partial charge in [0.2, 0.25) is 0 Å². The number of carboxylic acid groups (broad SMARTS) is 1. The molecule has 0 aliphatic heterocycles. The molecule has 10 heavy (non-hydrogen) atoms. The number of carboxylic acids is 1. The van der Waals surface area contributed by atoms with Gasteiger partial charge in [-0.2, -0.15) is 0 Å². The van der Waals surface area contributed by atoms with Crippen molar-refractivity contribution in [3.63, 3.8) is 0 Å². The van der Waals surface area contributed by atoms with Crippen molar-refractivity contribution in [2.75, 3.05) is 18.3 Å². The van der Waals surface area contributed by atoms with Crippen LogP contribution in [0.15, 0.2) is 0 Å². The van der Waals surface area contributed by atoms with Crippen LogP contribution in [0.4, 0.5) is 0 Å². The lowest BCUT2D eigenvalue weighted by Crippen LogP contribution is -3.00. The minimum absolute atomic E-state index is 0. The van der Waals surface area contributed by atoms with Crippen molar-refractivity contribution in [2.45, 2.75) is 0 Å². The zero-order chi connectivity index (χ0) is 7.44. The van der Waals surface area contributed by atoms with Crippen LogP contribution in [0.1, 0.15) is 0 Å². The molecule has 5 heteroatoms. The zero-order valence-corrected chi connectivity index (χ0v) is 7.33. The number of Topliss-reactive ketones (excluding diaryl/α,β-unsaturated/α-hetero) is 1. The molecule has 0 atom stereocenters. The standard InChI is InChI=1S/C5H8O3S.ClH/c1-9(2)3-4(6)5(7)8;/h3H2,1-2H3;1H. The van der Waals surface area contributed by atoms with Gasteiger partial charge in [0.1, 0.15) is 0 Å². The summed E-state index contributed by atoms with van der Waals surface area (Å²) >= 11 is 0. The van der Waals surface area contributed by atoms with E-state index < -0.39 is 11.8 Å². The molecule has 0 fully saturated rings. The predicted octanol–water partition coefficient (Wildman–Crippen LogP) is -3.48. The van der Waals surface area contributed by atoms with Crippen molar-refractivity contribution in [1.29, 1.82) is 0 Å². The number of carbonyl (C=O) groups excluding carboxylic acids is 1. The summed E-state index contributed by atoms with van der Waals surface area (Å²) in [6.07, 6.45) is 3.67. The third-order valence-corrected chi connectivity index (χ3v) is 1.50. The molecule has 0 bridgehead atoms. The van der Waals surface area contributed by atoms with Crippen molar-refractivity contribution in [2.24, 2.45) is 0 Å². The molecule has 60 valence electrons. The van der Waals surface area contributed by atoms with Crippen molar-refractivity contribution in [3.05, 3.63) is 0 Å². The maximum absolute atomic E-state index is 10.4. The lowest BCUT2D eigenvalue weighted by Gasteiger charge is -1.89. The van der Waals surface area contributed by atoms with Crippen molar-refractivity contribution < 1.29 is 27.1 Å².